The third kappa shape index (κ3) is 3.50. The van der Waals surface area contributed by atoms with Crippen LogP contribution < -0.4 is 5.73 Å². The van der Waals surface area contributed by atoms with Crippen LogP contribution in [0.1, 0.15) is 31.7 Å². The molecule has 0 amide bonds. The first-order valence-corrected chi connectivity index (χ1v) is 6.25. The Balaban J connectivity index is 3.05. The number of alkyl halides is 2. The molecule has 3 nitrogen and oxygen atoms in total. The average molecular weight is 271 g/mol. The maximum atomic E-state index is 14.2. The molecule has 1 unspecified atom stereocenters. The molecule has 0 aromatic heterocycles. The van der Waals surface area contributed by atoms with Crippen LogP contribution >= 0.6 is 0 Å². The highest BCUT2D eigenvalue weighted by atomic mass is 19.3. The van der Waals surface area contributed by atoms with E-state index in [1.807, 2.05) is 0 Å². The molecule has 0 radical (unpaired) electrons. The molecule has 0 aliphatic carbocycles. The molecule has 0 bridgehead atoms. The number of halogens is 2. The summed E-state index contributed by atoms with van der Waals surface area (Å²) in [6.07, 6.45) is -0.140. The van der Waals surface area contributed by atoms with E-state index in [1.165, 1.54) is 24.3 Å². The molecule has 0 saturated carbocycles. The molecule has 1 aromatic rings. The van der Waals surface area contributed by atoms with Crippen molar-refractivity contribution in [3.8, 4) is 0 Å². The van der Waals surface area contributed by atoms with Crippen LogP contribution in [0.3, 0.4) is 0 Å². The lowest BCUT2D eigenvalue weighted by atomic mass is 9.77. The summed E-state index contributed by atoms with van der Waals surface area (Å²) in [6, 6.07) is 7.26. The minimum absolute atomic E-state index is 0.140. The Bertz CT molecular complexity index is 423. The van der Waals surface area contributed by atoms with Gasteiger partial charge in [0.2, 0.25) is 0 Å². The Morgan fingerprint density at radius 3 is 2.32 bits per heavy atom. The Labute approximate surface area is 111 Å². The van der Waals surface area contributed by atoms with Gasteiger partial charge in [-0.1, -0.05) is 43.7 Å². The fourth-order valence-electron chi connectivity index (χ4n) is 2.22. The zero-order valence-corrected chi connectivity index (χ0v) is 10.9. The van der Waals surface area contributed by atoms with Crippen LogP contribution in [0.5, 0.6) is 0 Å². The van der Waals surface area contributed by atoms with Crippen LogP contribution in [0, 0.1) is 5.41 Å². The van der Waals surface area contributed by atoms with Crippen molar-refractivity contribution >= 4 is 5.97 Å². The summed E-state index contributed by atoms with van der Waals surface area (Å²) in [4.78, 5) is 11.3. The van der Waals surface area contributed by atoms with Crippen LogP contribution in [0.25, 0.3) is 0 Å². The number of carbonyl (C=O) groups is 1. The van der Waals surface area contributed by atoms with Gasteiger partial charge in [-0.25, -0.2) is 8.78 Å². The van der Waals surface area contributed by atoms with Crippen molar-refractivity contribution in [1.82, 2.24) is 0 Å². The molecule has 0 aliphatic heterocycles. The van der Waals surface area contributed by atoms with Crippen molar-refractivity contribution in [3.63, 3.8) is 0 Å². The van der Waals surface area contributed by atoms with Crippen molar-refractivity contribution in [1.29, 1.82) is 0 Å². The highest BCUT2D eigenvalue weighted by Crippen LogP contribution is 2.42. The van der Waals surface area contributed by atoms with Crippen molar-refractivity contribution in [2.24, 2.45) is 11.1 Å². The quantitative estimate of drug-likeness (QED) is 0.801. The summed E-state index contributed by atoms with van der Waals surface area (Å²) in [7, 11) is 0. The van der Waals surface area contributed by atoms with Crippen LogP contribution in [-0.4, -0.2) is 17.6 Å². The molecule has 1 aromatic carbocycles. The Morgan fingerprint density at radius 1 is 1.32 bits per heavy atom. The molecule has 0 aliphatic rings. The predicted octanol–water partition coefficient (Wildman–Crippen LogP) is 3.00. The van der Waals surface area contributed by atoms with Gasteiger partial charge in [0, 0.05) is 18.5 Å². The minimum atomic E-state index is -3.20. The molecule has 1 atom stereocenters. The van der Waals surface area contributed by atoms with Crippen molar-refractivity contribution in [2.75, 3.05) is 6.54 Å². The molecule has 0 fully saturated rings. The first-order valence-electron chi connectivity index (χ1n) is 6.25. The van der Waals surface area contributed by atoms with Gasteiger partial charge in [-0.15, -0.1) is 0 Å². The van der Waals surface area contributed by atoms with Gasteiger partial charge in [-0.2, -0.15) is 0 Å². The van der Waals surface area contributed by atoms with Gasteiger partial charge < -0.3 is 10.8 Å². The molecule has 5 heteroatoms. The fraction of sp³-hybridized carbons (Fsp3) is 0.500. The Hall–Kier alpha value is -1.49. The largest absolute Gasteiger partial charge is 0.481 e. The third-order valence-corrected chi connectivity index (χ3v) is 3.33. The Morgan fingerprint density at radius 2 is 1.89 bits per heavy atom. The number of carboxylic acids is 1. The minimum Gasteiger partial charge on any atom is -0.481 e. The topological polar surface area (TPSA) is 63.3 Å². The number of hydrogen-bond donors (Lipinski definition) is 2. The van der Waals surface area contributed by atoms with Crippen LogP contribution in [-0.2, 0) is 10.7 Å². The van der Waals surface area contributed by atoms with E-state index in [2.05, 4.69) is 0 Å². The summed E-state index contributed by atoms with van der Waals surface area (Å²) >= 11 is 0. The van der Waals surface area contributed by atoms with E-state index in [9.17, 15) is 18.7 Å². The van der Waals surface area contributed by atoms with E-state index >= 15 is 0 Å². The summed E-state index contributed by atoms with van der Waals surface area (Å²) < 4.78 is 28.4. The SMILES string of the molecule is CCCC(CN)(CC(F)(F)c1ccccc1)C(=O)O. The standard InChI is InChI=1S/C14H19F2NO2/c1-2-8-13(10-17,12(18)19)9-14(15,16)11-6-4-3-5-7-11/h3-7H,2,8-10,17H2,1H3,(H,18,19). The fourth-order valence-corrected chi connectivity index (χ4v) is 2.22. The molecule has 106 valence electrons. The molecular weight excluding hydrogens is 252 g/mol. The van der Waals surface area contributed by atoms with Gasteiger partial charge in [-0.05, 0) is 6.42 Å². The zero-order valence-electron chi connectivity index (χ0n) is 10.9. The molecule has 19 heavy (non-hydrogen) atoms. The van der Waals surface area contributed by atoms with E-state index in [0.29, 0.717) is 6.42 Å². The van der Waals surface area contributed by atoms with E-state index in [0.717, 1.165) is 0 Å². The number of rotatable bonds is 7. The molecule has 3 N–H and O–H groups in total. The molecular formula is C14H19F2NO2. The van der Waals surface area contributed by atoms with Gasteiger partial charge in [0.25, 0.3) is 5.92 Å². The van der Waals surface area contributed by atoms with E-state index in [1.54, 1.807) is 13.0 Å². The second-order valence-electron chi connectivity index (χ2n) is 4.79. The highest BCUT2D eigenvalue weighted by molar-refractivity contribution is 5.75. The molecule has 0 spiro atoms. The summed E-state index contributed by atoms with van der Waals surface area (Å²) in [6.45, 7) is 1.46. The maximum Gasteiger partial charge on any atom is 0.311 e. The second-order valence-corrected chi connectivity index (χ2v) is 4.79. The number of nitrogens with two attached hydrogens (primary N) is 1. The van der Waals surface area contributed by atoms with E-state index in [-0.39, 0.29) is 18.5 Å². The van der Waals surface area contributed by atoms with Crippen LogP contribution in [0.15, 0.2) is 30.3 Å². The van der Waals surface area contributed by atoms with E-state index in [4.69, 9.17) is 5.73 Å². The van der Waals surface area contributed by atoms with Gasteiger partial charge in [0.05, 0.1) is 5.41 Å². The number of benzene rings is 1. The lowest BCUT2D eigenvalue weighted by Gasteiger charge is -2.31. The number of hydrogen-bond acceptors (Lipinski definition) is 2. The van der Waals surface area contributed by atoms with Crippen molar-refractivity contribution in [3.05, 3.63) is 35.9 Å². The monoisotopic (exact) mass is 271 g/mol. The van der Waals surface area contributed by atoms with Gasteiger partial charge in [0.15, 0.2) is 0 Å². The lowest BCUT2D eigenvalue weighted by Crippen LogP contribution is -2.42. The number of carboxylic acid groups (broad SMARTS) is 1. The lowest BCUT2D eigenvalue weighted by molar-refractivity contribution is -0.156. The first-order chi connectivity index (χ1) is 8.88. The zero-order chi connectivity index (χ0) is 14.5. The summed E-state index contributed by atoms with van der Waals surface area (Å²) in [5.74, 6) is -4.46. The third-order valence-electron chi connectivity index (χ3n) is 3.33. The predicted molar refractivity (Wildman–Crippen MR) is 69.0 cm³/mol. The normalized spacial score (nSPS) is 14.9. The highest BCUT2D eigenvalue weighted by Gasteiger charge is 2.46. The van der Waals surface area contributed by atoms with Gasteiger partial charge in [-0.3, -0.25) is 4.79 Å². The van der Waals surface area contributed by atoms with Gasteiger partial charge in [0.1, 0.15) is 0 Å². The molecule has 1 rings (SSSR count). The average Bonchev–Trinajstić information content (AvgIpc) is 2.38. The van der Waals surface area contributed by atoms with Crippen LogP contribution in [0.2, 0.25) is 0 Å². The number of aliphatic carboxylic acids is 1. The first kappa shape index (κ1) is 15.6. The van der Waals surface area contributed by atoms with Gasteiger partial charge >= 0.3 is 5.97 Å². The maximum absolute atomic E-state index is 14.2. The molecule has 0 saturated heterocycles. The second kappa shape index (κ2) is 6.10. The molecule has 0 heterocycles. The smallest absolute Gasteiger partial charge is 0.311 e. The van der Waals surface area contributed by atoms with Crippen LogP contribution in [0.4, 0.5) is 8.78 Å². The summed E-state index contributed by atoms with van der Waals surface area (Å²) in [5.41, 5.74) is 3.71. The van der Waals surface area contributed by atoms with E-state index < -0.39 is 23.7 Å². The summed E-state index contributed by atoms with van der Waals surface area (Å²) in [5, 5.41) is 9.25. The van der Waals surface area contributed by atoms with Crippen molar-refractivity contribution < 1.29 is 18.7 Å². The Kier molecular flexibility index (Phi) is 5.00. The van der Waals surface area contributed by atoms with Crippen molar-refractivity contribution in [2.45, 2.75) is 32.1 Å².